The van der Waals surface area contributed by atoms with Gasteiger partial charge in [0.05, 0.1) is 18.3 Å². The Balaban J connectivity index is 1.35. The monoisotopic (exact) mass is 538 g/mol. The van der Waals surface area contributed by atoms with Crippen LogP contribution in [0.5, 0.6) is 0 Å². The lowest BCUT2D eigenvalue weighted by Gasteiger charge is -2.54. The Morgan fingerprint density at radius 2 is 1.69 bits per heavy atom. The number of hydrogen-bond acceptors (Lipinski definition) is 7. The van der Waals surface area contributed by atoms with E-state index in [2.05, 4.69) is 25.3 Å². The van der Waals surface area contributed by atoms with Gasteiger partial charge in [0.25, 0.3) is 0 Å². The summed E-state index contributed by atoms with van der Waals surface area (Å²) in [7, 11) is 0. The first kappa shape index (κ1) is 27.0. The van der Waals surface area contributed by atoms with E-state index in [1.807, 2.05) is 25.3 Å². The zero-order chi connectivity index (χ0) is 27.9. The summed E-state index contributed by atoms with van der Waals surface area (Å²) >= 11 is 0. The molecule has 4 heterocycles. The predicted octanol–water partition coefficient (Wildman–Crippen LogP) is 4.96. The number of anilines is 2. The molecule has 5 rings (SSSR count). The molecule has 3 aromatic heterocycles. The Kier molecular flexibility index (Phi) is 7.06. The Hall–Kier alpha value is -3.58. The van der Waals surface area contributed by atoms with Crippen LogP contribution in [-0.2, 0) is 6.54 Å². The number of rotatable bonds is 7. The van der Waals surface area contributed by atoms with Crippen LogP contribution in [-0.4, -0.2) is 66.5 Å². The lowest BCUT2D eigenvalue weighted by molar-refractivity contribution is -0.994. The molecule has 1 aliphatic heterocycles. The number of nitrogens with one attached hydrogen (secondary N) is 1. The fraction of sp³-hybridized carbons (Fsp3) is 0.407. The average Bonchev–Trinajstić information content (AvgIpc) is 3.25. The predicted molar refractivity (Wildman–Crippen MR) is 144 cm³/mol. The molecule has 10 nitrogen and oxygen atoms in total. The maximum absolute atomic E-state index is 15.0. The summed E-state index contributed by atoms with van der Waals surface area (Å²) in [5.41, 5.74) is 1.75. The number of hydrogen-bond donors (Lipinski definition) is 1. The molecular weight excluding hydrogens is 506 g/mol. The highest BCUT2D eigenvalue weighted by Gasteiger charge is 2.31. The van der Waals surface area contributed by atoms with E-state index in [0.29, 0.717) is 36.8 Å². The SMILES string of the molecule is CC[N+]1([O-])CC[N+]([O-])(Cc2ccc(Nc3ncc(F)c(-c4cc(F)c5nc(C)n(C(C)C)c5c4)n3)nc2)CC1. The van der Waals surface area contributed by atoms with Gasteiger partial charge in [-0.05, 0) is 52.0 Å². The van der Waals surface area contributed by atoms with Gasteiger partial charge in [-0.2, -0.15) is 0 Å². The first-order valence-electron chi connectivity index (χ1n) is 13.1. The zero-order valence-electron chi connectivity index (χ0n) is 22.5. The van der Waals surface area contributed by atoms with E-state index >= 15 is 0 Å². The molecule has 0 amide bonds. The van der Waals surface area contributed by atoms with Crippen molar-refractivity contribution in [3.63, 3.8) is 0 Å². The number of pyridine rings is 1. The summed E-state index contributed by atoms with van der Waals surface area (Å²) in [6, 6.07) is 6.41. The number of likely N-dealkylation sites (N-methyl/N-ethyl adjacent to an activating group) is 1. The van der Waals surface area contributed by atoms with Crippen LogP contribution in [0.3, 0.4) is 0 Å². The van der Waals surface area contributed by atoms with Crippen LogP contribution < -0.4 is 5.32 Å². The zero-order valence-corrected chi connectivity index (χ0v) is 22.5. The number of hydroxylamine groups is 6. The standard InChI is InChI=1S/C27H32F2N8O2/c1-5-36(38)8-10-37(39,11-9-36)16-19-6-7-24(30-14-19)33-27-31-15-22(29)25(34-27)20-12-21(28)26-23(13-20)35(17(2)3)18(4)32-26/h6-7,12-15,17H,5,8-11,16H2,1-4H3,(H,30,31,33,34). The molecule has 0 unspecified atom stereocenters. The van der Waals surface area contributed by atoms with E-state index in [9.17, 15) is 19.2 Å². The minimum Gasteiger partial charge on any atom is -0.632 e. The molecule has 0 saturated carbocycles. The Morgan fingerprint density at radius 3 is 2.33 bits per heavy atom. The molecule has 4 aromatic rings. The van der Waals surface area contributed by atoms with Gasteiger partial charge in [-0.15, -0.1) is 0 Å². The van der Waals surface area contributed by atoms with E-state index in [-0.39, 0.29) is 53.0 Å². The van der Waals surface area contributed by atoms with Gasteiger partial charge in [0.15, 0.2) is 11.6 Å². The molecular formula is C27H32F2N8O2. The number of nitrogens with zero attached hydrogens (tertiary/aromatic N) is 7. The van der Waals surface area contributed by atoms with Crippen LogP contribution in [0.25, 0.3) is 22.3 Å². The van der Waals surface area contributed by atoms with Crippen LogP contribution >= 0.6 is 0 Å². The average molecular weight is 539 g/mol. The highest BCUT2D eigenvalue weighted by atomic mass is 19.1. The maximum Gasteiger partial charge on any atom is 0.229 e. The van der Waals surface area contributed by atoms with Gasteiger partial charge in [-0.25, -0.2) is 28.7 Å². The van der Waals surface area contributed by atoms with Crippen molar-refractivity contribution < 1.29 is 18.1 Å². The second-order valence-electron chi connectivity index (χ2n) is 10.5. The van der Waals surface area contributed by atoms with Crippen molar-refractivity contribution in [1.29, 1.82) is 0 Å². The quantitative estimate of drug-likeness (QED) is 0.261. The van der Waals surface area contributed by atoms with Crippen molar-refractivity contribution in [2.75, 3.05) is 38.0 Å². The van der Waals surface area contributed by atoms with Crippen molar-refractivity contribution in [2.45, 2.75) is 40.3 Å². The smallest absolute Gasteiger partial charge is 0.229 e. The fourth-order valence-electron chi connectivity index (χ4n) is 5.15. The van der Waals surface area contributed by atoms with E-state index in [0.717, 1.165) is 11.8 Å². The Morgan fingerprint density at radius 1 is 0.974 bits per heavy atom. The largest absolute Gasteiger partial charge is 0.632 e. The van der Waals surface area contributed by atoms with Gasteiger partial charge in [0.1, 0.15) is 55.6 Å². The highest BCUT2D eigenvalue weighted by Crippen LogP contribution is 2.30. The molecule has 12 heteroatoms. The van der Waals surface area contributed by atoms with E-state index in [1.54, 1.807) is 31.3 Å². The third kappa shape index (κ3) is 5.46. The van der Waals surface area contributed by atoms with Gasteiger partial charge in [-0.3, -0.25) is 0 Å². The first-order valence-corrected chi connectivity index (χ1v) is 13.1. The number of fused-ring (bicyclic) bond motifs is 1. The molecule has 0 spiro atoms. The van der Waals surface area contributed by atoms with E-state index < -0.39 is 16.3 Å². The molecule has 206 valence electrons. The fourth-order valence-corrected chi connectivity index (χ4v) is 5.15. The highest BCUT2D eigenvalue weighted by molar-refractivity contribution is 5.83. The van der Waals surface area contributed by atoms with Gasteiger partial charge in [0, 0.05) is 23.4 Å². The van der Waals surface area contributed by atoms with Gasteiger partial charge in [0.2, 0.25) is 5.95 Å². The summed E-state index contributed by atoms with van der Waals surface area (Å²) in [4.78, 5) is 17.0. The van der Waals surface area contributed by atoms with Crippen LogP contribution in [0.15, 0.2) is 36.7 Å². The molecule has 1 aliphatic rings. The van der Waals surface area contributed by atoms with Crippen LogP contribution in [0.4, 0.5) is 20.5 Å². The summed E-state index contributed by atoms with van der Waals surface area (Å²) in [6.45, 7) is 9.47. The molecule has 1 saturated heterocycles. The number of piperazine rings is 1. The van der Waals surface area contributed by atoms with E-state index in [4.69, 9.17) is 0 Å². The van der Waals surface area contributed by atoms with Crippen molar-refractivity contribution in [1.82, 2.24) is 24.5 Å². The molecule has 0 atom stereocenters. The molecule has 1 N–H and O–H groups in total. The number of halogens is 2. The van der Waals surface area contributed by atoms with Gasteiger partial charge < -0.3 is 29.6 Å². The van der Waals surface area contributed by atoms with Crippen molar-refractivity contribution in [3.05, 3.63) is 70.1 Å². The molecule has 0 bridgehead atoms. The van der Waals surface area contributed by atoms with Crippen LogP contribution in [0.1, 0.15) is 38.2 Å². The topological polar surface area (TPSA) is 115 Å². The van der Waals surface area contributed by atoms with E-state index in [1.165, 1.54) is 6.07 Å². The minimum atomic E-state index is -0.690. The Bertz CT molecular complexity index is 1500. The number of imidazole rings is 1. The molecule has 1 fully saturated rings. The lowest BCUT2D eigenvalue weighted by Crippen LogP contribution is -2.61. The summed E-state index contributed by atoms with van der Waals surface area (Å²) in [5, 5.41) is 28.5. The van der Waals surface area contributed by atoms with Crippen molar-refractivity contribution in [3.8, 4) is 11.3 Å². The second-order valence-corrected chi connectivity index (χ2v) is 10.5. The first-order chi connectivity index (χ1) is 18.5. The summed E-state index contributed by atoms with van der Waals surface area (Å²) in [5.74, 6) is -0.0848. The number of aromatic nitrogens is 5. The normalized spacial score (nSPS) is 21.6. The molecule has 1 aromatic carbocycles. The summed E-state index contributed by atoms with van der Waals surface area (Å²) in [6.07, 6.45) is 2.62. The third-order valence-electron chi connectivity index (χ3n) is 7.40. The van der Waals surface area contributed by atoms with Crippen molar-refractivity contribution in [2.24, 2.45) is 0 Å². The Labute approximate surface area is 225 Å². The van der Waals surface area contributed by atoms with Crippen molar-refractivity contribution >= 4 is 22.8 Å². The van der Waals surface area contributed by atoms with Crippen LogP contribution in [0.2, 0.25) is 0 Å². The molecule has 0 aliphatic carbocycles. The molecule has 0 radical (unpaired) electrons. The lowest BCUT2D eigenvalue weighted by atomic mass is 10.1. The van der Waals surface area contributed by atoms with Gasteiger partial charge >= 0.3 is 0 Å². The van der Waals surface area contributed by atoms with Crippen LogP contribution in [0, 0.1) is 29.0 Å². The number of aryl methyl sites for hydroxylation is 1. The third-order valence-corrected chi connectivity index (χ3v) is 7.40. The minimum absolute atomic E-state index is 0.0373. The van der Waals surface area contributed by atoms with Gasteiger partial charge in [-0.1, -0.05) is 0 Å². The molecule has 39 heavy (non-hydrogen) atoms. The maximum atomic E-state index is 15.0. The number of quaternary nitrogens is 2. The second kappa shape index (κ2) is 10.2. The number of benzene rings is 1. The summed E-state index contributed by atoms with van der Waals surface area (Å²) < 4.78 is 30.9.